The van der Waals surface area contributed by atoms with Crippen molar-refractivity contribution in [1.29, 1.82) is 0 Å². The number of nitrogen functional groups attached to an aromatic ring is 1. The lowest BCUT2D eigenvalue weighted by molar-refractivity contribution is -0.139. The molecule has 1 aromatic rings. The molecule has 3 saturated heterocycles. The number of nitrogens with two attached hydrogens (primary N) is 1. The molecule has 2 amide bonds. The number of piperidine rings is 1. The van der Waals surface area contributed by atoms with Gasteiger partial charge in [-0.05, 0) is 44.2 Å². The molecule has 0 aromatic carbocycles. The first-order valence-electron chi connectivity index (χ1n) is 11.7. The van der Waals surface area contributed by atoms with E-state index >= 15 is 0 Å². The summed E-state index contributed by atoms with van der Waals surface area (Å²) in [5.41, 5.74) is 7.48. The van der Waals surface area contributed by atoms with E-state index in [1.807, 2.05) is 11.0 Å². The molecule has 0 spiro atoms. The van der Waals surface area contributed by atoms with Gasteiger partial charge < -0.3 is 29.7 Å². The van der Waals surface area contributed by atoms with Crippen molar-refractivity contribution >= 4 is 17.6 Å². The summed E-state index contributed by atoms with van der Waals surface area (Å²) in [7, 11) is 0. The van der Waals surface area contributed by atoms with Crippen LogP contribution in [0.25, 0.3) is 0 Å². The highest BCUT2D eigenvalue weighted by atomic mass is 16.5. The first kappa shape index (κ1) is 22.9. The van der Waals surface area contributed by atoms with E-state index in [1.54, 1.807) is 11.0 Å². The highest BCUT2D eigenvalue weighted by Crippen LogP contribution is 2.28. The molecule has 3 aliphatic heterocycles. The molecule has 9 heteroatoms. The summed E-state index contributed by atoms with van der Waals surface area (Å²) in [6.07, 6.45) is 5.04. The van der Waals surface area contributed by atoms with Crippen LogP contribution in [0.5, 0.6) is 0 Å². The number of carbonyl (C=O) groups is 2. The lowest BCUT2D eigenvalue weighted by Crippen LogP contribution is -2.41. The van der Waals surface area contributed by atoms with Gasteiger partial charge in [0.15, 0.2) is 0 Å². The van der Waals surface area contributed by atoms with E-state index in [0.29, 0.717) is 51.6 Å². The molecule has 3 aliphatic rings. The molecule has 176 valence electrons. The van der Waals surface area contributed by atoms with Crippen LogP contribution >= 0.6 is 0 Å². The summed E-state index contributed by atoms with van der Waals surface area (Å²) >= 11 is 0. The molecule has 1 aromatic heterocycles. The molecular formula is C23H34N4O5. The molecule has 0 radical (unpaired) electrons. The Morgan fingerprint density at radius 3 is 2.50 bits per heavy atom. The number of amides is 2. The number of anilines is 1. The van der Waals surface area contributed by atoms with Crippen molar-refractivity contribution in [3.05, 3.63) is 23.4 Å². The third-order valence-electron chi connectivity index (χ3n) is 6.54. The maximum atomic E-state index is 12.7. The topological polar surface area (TPSA) is 107 Å². The fourth-order valence-corrected chi connectivity index (χ4v) is 4.57. The Bertz CT molecular complexity index is 785. The van der Waals surface area contributed by atoms with Crippen LogP contribution in [0.2, 0.25) is 0 Å². The van der Waals surface area contributed by atoms with Crippen molar-refractivity contribution in [3.63, 3.8) is 0 Å². The Morgan fingerprint density at radius 1 is 1.03 bits per heavy atom. The number of ether oxygens (including phenoxy) is 3. The second-order valence-electron chi connectivity index (χ2n) is 8.73. The molecule has 4 rings (SSSR count). The lowest BCUT2D eigenvalue weighted by atomic mass is 9.92. The van der Waals surface area contributed by atoms with Crippen molar-refractivity contribution in [2.24, 2.45) is 0 Å². The largest absolute Gasteiger partial charge is 0.383 e. The Balaban J connectivity index is 1.24. The Hall–Kier alpha value is -2.23. The number of carbonyl (C=O) groups excluding carboxylic acids is 2. The molecule has 0 aliphatic carbocycles. The molecular weight excluding hydrogens is 412 g/mol. The SMILES string of the molecule is Nc1nc(C2CCN(C(=O)COC[C@H]3CCCCO3)CC2)ccc1C(=O)N1CCOCC1. The van der Waals surface area contributed by atoms with Crippen molar-refractivity contribution in [3.8, 4) is 0 Å². The average Bonchev–Trinajstić information content (AvgIpc) is 2.85. The van der Waals surface area contributed by atoms with Crippen LogP contribution in [-0.4, -0.2) is 91.9 Å². The zero-order valence-corrected chi connectivity index (χ0v) is 18.7. The van der Waals surface area contributed by atoms with Gasteiger partial charge in [-0.15, -0.1) is 0 Å². The summed E-state index contributed by atoms with van der Waals surface area (Å²) in [5, 5.41) is 0. The van der Waals surface area contributed by atoms with Gasteiger partial charge in [0.05, 0.1) is 31.5 Å². The van der Waals surface area contributed by atoms with Crippen LogP contribution in [0.15, 0.2) is 12.1 Å². The standard InChI is InChI=1S/C23H34N4O5/c24-22-19(23(29)27-10-13-30-14-11-27)4-5-20(25-22)17-6-8-26(9-7-17)21(28)16-31-15-18-3-1-2-12-32-18/h4-5,17-18H,1-3,6-16H2,(H2,24,25)/t18-/m1/s1. The van der Waals surface area contributed by atoms with Crippen molar-refractivity contribution in [1.82, 2.24) is 14.8 Å². The van der Waals surface area contributed by atoms with Gasteiger partial charge >= 0.3 is 0 Å². The minimum absolute atomic E-state index is 0.0261. The van der Waals surface area contributed by atoms with E-state index in [9.17, 15) is 9.59 Å². The van der Waals surface area contributed by atoms with Gasteiger partial charge in [0.2, 0.25) is 5.91 Å². The zero-order chi connectivity index (χ0) is 22.3. The Labute approximate surface area is 189 Å². The number of nitrogens with zero attached hydrogens (tertiary/aromatic N) is 3. The monoisotopic (exact) mass is 446 g/mol. The van der Waals surface area contributed by atoms with Crippen LogP contribution in [0, 0.1) is 0 Å². The first-order chi connectivity index (χ1) is 15.6. The molecule has 3 fully saturated rings. The minimum Gasteiger partial charge on any atom is -0.383 e. The second kappa shape index (κ2) is 11.1. The van der Waals surface area contributed by atoms with Gasteiger partial charge in [-0.2, -0.15) is 0 Å². The number of rotatable bonds is 6. The number of hydrogen-bond acceptors (Lipinski definition) is 7. The lowest BCUT2D eigenvalue weighted by Gasteiger charge is -2.32. The van der Waals surface area contributed by atoms with Gasteiger partial charge in [-0.25, -0.2) is 4.98 Å². The number of likely N-dealkylation sites (tertiary alicyclic amines) is 1. The molecule has 32 heavy (non-hydrogen) atoms. The summed E-state index contributed by atoms with van der Waals surface area (Å²) in [6.45, 7) is 4.96. The Morgan fingerprint density at radius 2 is 1.81 bits per heavy atom. The van der Waals surface area contributed by atoms with Crippen molar-refractivity contribution in [2.75, 3.05) is 64.9 Å². The molecule has 0 unspecified atom stereocenters. The van der Waals surface area contributed by atoms with Crippen LogP contribution < -0.4 is 5.73 Å². The molecule has 9 nitrogen and oxygen atoms in total. The molecule has 2 N–H and O–H groups in total. The van der Waals surface area contributed by atoms with E-state index in [4.69, 9.17) is 19.9 Å². The highest BCUT2D eigenvalue weighted by Gasteiger charge is 2.27. The van der Waals surface area contributed by atoms with E-state index in [0.717, 1.165) is 44.4 Å². The number of hydrogen-bond donors (Lipinski definition) is 1. The predicted molar refractivity (Wildman–Crippen MR) is 118 cm³/mol. The fraction of sp³-hybridized carbons (Fsp3) is 0.696. The third-order valence-corrected chi connectivity index (χ3v) is 6.54. The maximum absolute atomic E-state index is 12.7. The van der Waals surface area contributed by atoms with Gasteiger partial charge in [0, 0.05) is 44.4 Å². The predicted octanol–water partition coefficient (Wildman–Crippen LogP) is 1.43. The second-order valence-corrected chi connectivity index (χ2v) is 8.73. The fourth-order valence-electron chi connectivity index (χ4n) is 4.57. The summed E-state index contributed by atoms with van der Waals surface area (Å²) in [6, 6.07) is 3.69. The van der Waals surface area contributed by atoms with Crippen LogP contribution in [0.1, 0.15) is 54.1 Å². The van der Waals surface area contributed by atoms with E-state index in [2.05, 4.69) is 4.98 Å². The van der Waals surface area contributed by atoms with Crippen LogP contribution in [-0.2, 0) is 19.0 Å². The van der Waals surface area contributed by atoms with Gasteiger partial charge in [-0.1, -0.05) is 0 Å². The smallest absolute Gasteiger partial charge is 0.257 e. The molecule has 1 atom stereocenters. The number of aromatic nitrogens is 1. The van der Waals surface area contributed by atoms with Crippen LogP contribution in [0.4, 0.5) is 5.82 Å². The van der Waals surface area contributed by atoms with Crippen LogP contribution in [0.3, 0.4) is 0 Å². The van der Waals surface area contributed by atoms with Crippen molar-refractivity contribution in [2.45, 2.75) is 44.1 Å². The zero-order valence-electron chi connectivity index (χ0n) is 18.7. The van der Waals surface area contributed by atoms with E-state index in [-0.39, 0.29) is 36.3 Å². The number of pyridine rings is 1. The summed E-state index contributed by atoms with van der Waals surface area (Å²) < 4.78 is 16.6. The van der Waals surface area contributed by atoms with Gasteiger partial charge in [-0.3, -0.25) is 9.59 Å². The summed E-state index contributed by atoms with van der Waals surface area (Å²) in [5.74, 6) is 0.434. The Kier molecular flexibility index (Phi) is 7.94. The first-order valence-corrected chi connectivity index (χ1v) is 11.7. The van der Waals surface area contributed by atoms with Crippen molar-refractivity contribution < 1.29 is 23.8 Å². The van der Waals surface area contributed by atoms with Gasteiger partial charge in [0.1, 0.15) is 12.4 Å². The minimum atomic E-state index is -0.0936. The maximum Gasteiger partial charge on any atom is 0.257 e. The normalized spacial score (nSPS) is 22.7. The summed E-state index contributed by atoms with van der Waals surface area (Å²) in [4.78, 5) is 33.3. The average molecular weight is 447 g/mol. The quantitative estimate of drug-likeness (QED) is 0.704. The molecule has 0 bridgehead atoms. The third kappa shape index (κ3) is 5.76. The van der Waals surface area contributed by atoms with E-state index in [1.165, 1.54) is 0 Å². The van der Waals surface area contributed by atoms with Gasteiger partial charge in [0.25, 0.3) is 5.91 Å². The number of morpholine rings is 1. The van der Waals surface area contributed by atoms with E-state index < -0.39 is 0 Å². The highest BCUT2D eigenvalue weighted by molar-refractivity contribution is 5.98. The molecule has 4 heterocycles. The molecule has 0 saturated carbocycles.